The molecule has 1 aromatic heterocycles. The lowest BCUT2D eigenvalue weighted by Crippen LogP contribution is -2.21. The highest BCUT2D eigenvalue weighted by molar-refractivity contribution is 7.17. The van der Waals surface area contributed by atoms with Gasteiger partial charge in [-0.05, 0) is 32.6 Å². The highest BCUT2D eigenvalue weighted by atomic mass is 32.1. The van der Waals surface area contributed by atoms with E-state index in [9.17, 15) is 4.79 Å². The second-order valence-electron chi connectivity index (χ2n) is 4.44. The number of carbonyl (C=O) groups is 1. The van der Waals surface area contributed by atoms with Gasteiger partial charge in [-0.1, -0.05) is 11.3 Å². The number of rotatable bonds is 5. The number of aromatic carboxylic acids is 1. The molecule has 0 spiro atoms. The van der Waals surface area contributed by atoms with E-state index < -0.39 is 5.97 Å². The summed E-state index contributed by atoms with van der Waals surface area (Å²) in [4.78, 5) is 15.4. The third-order valence-corrected chi connectivity index (χ3v) is 4.11. The number of hydrogen-bond acceptors (Lipinski definition) is 5. The first-order valence-corrected chi connectivity index (χ1v) is 7.04. The molecule has 2 heterocycles. The van der Waals surface area contributed by atoms with Crippen molar-refractivity contribution < 1.29 is 14.6 Å². The number of aromatic nitrogens is 1. The van der Waals surface area contributed by atoms with Gasteiger partial charge in [-0.2, -0.15) is 0 Å². The highest BCUT2D eigenvalue weighted by Crippen LogP contribution is 2.23. The van der Waals surface area contributed by atoms with Crippen LogP contribution in [-0.2, 0) is 4.74 Å². The summed E-state index contributed by atoms with van der Waals surface area (Å²) in [6.45, 7) is 3.36. The molecule has 0 saturated carbocycles. The fraction of sp³-hybridized carbons (Fsp3) is 0.667. The van der Waals surface area contributed by atoms with E-state index >= 15 is 0 Å². The van der Waals surface area contributed by atoms with Crippen LogP contribution in [0.2, 0.25) is 0 Å². The summed E-state index contributed by atoms with van der Waals surface area (Å²) in [7, 11) is 0. The Hall–Kier alpha value is -1.14. The van der Waals surface area contributed by atoms with Crippen LogP contribution in [-0.4, -0.2) is 35.3 Å². The minimum absolute atomic E-state index is 0.311. The molecular weight excluding hydrogens is 252 g/mol. The third kappa shape index (κ3) is 3.43. The van der Waals surface area contributed by atoms with Crippen molar-refractivity contribution in [2.75, 3.05) is 18.5 Å². The maximum Gasteiger partial charge on any atom is 0.347 e. The van der Waals surface area contributed by atoms with Crippen molar-refractivity contribution in [3.05, 3.63) is 10.6 Å². The van der Waals surface area contributed by atoms with Gasteiger partial charge in [0.05, 0.1) is 11.8 Å². The molecule has 1 unspecified atom stereocenters. The largest absolute Gasteiger partial charge is 0.477 e. The first-order valence-electron chi connectivity index (χ1n) is 6.23. The Morgan fingerprint density at radius 3 is 3.06 bits per heavy atom. The number of carboxylic acid groups (broad SMARTS) is 1. The SMILES string of the molecule is Cc1nc(NCCC2CCCCO2)sc1C(=O)O. The second kappa shape index (κ2) is 6.15. The predicted octanol–water partition coefficient (Wildman–Crippen LogP) is 2.52. The fourth-order valence-electron chi connectivity index (χ4n) is 2.05. The Labute approximate surface area is 110 Å². The van der Waals surface area contributed by atoms with Crippen LogP contribution >= 0.6 is 11.3 Å². The van der Waals surface area contributed by atoms with Crippen LogP contribution in [0.4, 0.5) is 5.13 Å². The maximum absolute atomic E-state index is 10.9. The molecule has 0 aliphatic carbocycles. The molecule has 100 valence electrons. The molecule has 18 heavy (non-hydrogen) atoms. The quantitative estimate of drug-likeness (QED) is 0.860. The van der Waals surface area contributed by atoms with Gasteiger partial charge in [-0.15, -0.1) is 0 Å². The molecule has 1 saturated heterocycles. The predicted molar refractivity (Wildman–Crippen MR) is 70.5 cm³/mol. The molecule has 2 rings (SSSR count). The lowest BCUT2D eigenvalue weighted by atomic mass is 10.1. The second-order valence-corrected chi connectivity index (χ2v) is 5.44. The molecule has 1 atom stereocenters. The van der Waals surface area contributed by atoms with Gasteiger partial charge < -0.3 is 15.2 Å². The summed E-state index contributed by atoms with van der Waals surface area (Å²) in [5.41, 5.74) is 0.573. The van der Waals surface area contributed by atoms with Gasteiger partial charge in [0.15, 0.2) is 5.13 Å². The molecule has 2 N–H and O–H groups in total. The minimum Gasteiger partial charge on any atom is -0.477 e. The number of anilines is 1. The summed E-state index contributed by atoms with van der Waals surface area (Å²) < 4.78 is 5.63. The van der Waals surface area contributed by atoms with Crippen molar-refractivity contribution in [2.45, 2.75) is 38.7 Å². The van der Waals surface area contributed by atoms with Gasteiger partial charge >= 0.3 is 5.97 Å². The molecule has 6 heteroatoms. The number of hydrogen-bond donors (Lipinski definition) is 2. The molecule has 1 aromatic rings. The maximum atomic E-state index is 10.9. The first-order chi connectivity index (χ1) is 8.66. The van der Waals surface area contributed by atoms with Crippen LogP contribution in [0, 0.1) is 6.92 Å². The summed E-state index contributed by atoms with van der Waals surface area (Å²) >= 11 is 1.19. The van der Waals surface area contributed by atoms with E-state index in [1.54, 1.807) is 6.92 Å². The zero-order valence-corrected chi connectivity index (χ0v) is 11.3. The normalized spacial score (nSPS) is 19.7. The summed E-state index contributed by atoms with van der Waals surface area (Å²) in [6, 6.07) is 0. The Balaban J connectivity index is 1.79. The van der Waals surface area contributed by atoms with Crippen molar-refractivity contribution in [1.29, 1.82) is 0 Å². The van der Waals surface area contributed by atoms with E-state index in [0.29, 0.717) is 21.8 Å². The lowest BCUT2D eigenvalue weighted by molar-refractivity contribution is 0.0134. The van der Waals surface area contributed by atoms with Gasteiger partial charge in [0.25, 0.3) is 0 Å². The van der Waals surface area contributed by atoms with Gasteiger partial charge in [0, 0.05) is 13.2 Å². The van der Waals surface area contributed by atoms with Gasteiger partial charge in [-0.3, -0.25) is 0 Å². The van der Waals surface area contributed by atoms with Crippen LogP contribution in [0.15, 0.2) is 0 Å². The van der Waals surface area contributed by atoms with E-state index in [1.807, 2.05) is 0 Å². The molecular formula is C12H18N2O3S. The van der Waals surface area contributed by atoms with Crippen LogP contribution in [0.3, 0.4) is 0 Å². The molecule has 1 fully saturated rings. The van der Waals surface area contributed by atoms with Crippen molar-refractivity contribution >= 4 is 22.4 Å². The molecule has 0 amide bonds. The average Bonchev–Trinajstić information content (AvgIpc) is 2.72. The molecule has 1 aliphatic heterocycles. The van der Waals surface area contributed by atoms with Crippen LogP contribution in [0.25, 0.3) is 0 Å². The standard InChI is InChI=1S/C12H18N2O3S/c1-8-10(11(15)16)18-12(14-8)13-6-5-9-4-2-3-7-17-9/h9H,2-7H2,1H3,(H,13,14)(H,15,16). The number of carboxylic acids is 1. The lowest BCUT2D eigenvalue weighted by Gasteiger charge is -2.22. The van der Waals surface area contributed by atoms with E-state index in [0.717, 1.165) is 32.4 Å². The number of nitrogens with one attached hydrogen (secondary N) is 1. The topological polar surface area (TPSA) is 71.5 Å². The number of aryl methyl sites for hydroxylation is 1. The van der Waals surface area contributed by atoms with Gasteiger partial charge in [-0.25, -0.2) is 9.78 Å². The van der Waals surface area contributed by atoms with E-state index in [-0.39, 0.29) is 0 Å². The third-order valence-electron chi connectivity index (χ3n) is 3.01. The minimum atomic E-state index is -0.909. The van der Waals surface area contributed by atoms with Crippen LogP contribution in [0.5, 0.6) is 0 Å². The Bertz CT molecular complexity index is 413. The summed E-state index contributed by atoms with van der Waals surface area (Å²) in [6.07, 6.45) is 4.81. The smallest absolute Gasteiger partial charge is 0.347 e. The van der Waals surface area contributed by atoms with Crippen molar-refractivity contribution in [1.82, 2.24) is 4.98 Å². The van der Waals surface area contributed by atoms with Crippen LogP contribution in [0.1, 0.15) is 41.0 Å². The average molecular weight is 270 g/mol. The number of nitrogens with zero attached hydrogens (tertiary/aromatic N) is 1. The van der Waals surface area contributed by atoms with Gasteiger partial charge in [0.1, 0.15) is 4.88 Å². The molecule has 0 bridgehead atoms. The van der Waals surface area contributed by atoms with E-state index in [4.69, 9.17) is 9.84 Å². The fourth-order valence-corrected chi connectivity index (χ4v) is 2.88. The molecule has 0 aromatic carbocycles. The monoisotopic (exact) mass is 270 g/mol. The summed E-state index contributed by atoms with van der Waals surface area (Å²) in [5, 5.41) is 12.8. The Kier molecular flexibility index (Phi) is 4.54. The first kappa shape index (κ1) is 13.3. The Morgan fingerprint density at radius 2 is 2.44 bits per heavy atom. The zero-order chi connectivity index (χ0) is 13.0. The number of ether oxygens (including phenoxy) is 1. The zero-order valence-electron chi connectivity index (χ0n) is 10.4. The van der Waals surface area contributed by atoms with E-state index in [1.165, 1.54) is 17.8 Å². The van der Waals surface area contributed by atoms with Crippen molar-refractivity contribution in [2.24, 2.45) is 0 Å². The summed E-state index contributed by atoms with van der Waals surface area (Å²) in [5.74, 6) is -0.909. The number of thiazole rings is 1. The Morgan fingerprint density at radius 1 is 1.61 bits per heavy atom. The van der Waals surface area contributed by atoms with Gasteiger partial charge in [0.2, 0.25) is 0 Å². The van der Waals surface area contributed by atoms with Crippen LogP contribution < -0.4 is 5.32 Å². The van der Waals surface area contributed by atoms with Crippen molar-refractivity contribution in [3.63, 3.8) is 0 Å². The molecule has 5 nitrogen and oxygen atoms in total. The highest BCUT2D eigenvalue weighted by Gasteiger charge is 2.15. The molecule has 1 aliphatic rings. The van der Waals surface area contributed by atoms with Crippen molar-refractivity contribution in [3.8, 4) is 0 Å². The molecule has 0 radical (unpaired) electrons. The van der Waals surface area contributed by atoms with E-state index in [2.05, 4.69) is 10.3 Å².